The first-order valence-electron chi connectivity index (χ1n) is 8.91. The van der Waals surface area contributed by atoms with Gasteiger partial charge < -0.3 is 9.15 Å². The Morgan fingerprint density at radius 1 is 0.862 bits per heavy atom. The van der Waals surface area contributed by atoms with Gasteiger partial charge in [-0.05, 0) is 30.3 Å². The Balaban J connectivity index is 1.54. The van der Waals surface area contributed by atoms with Crippen molar-refractivity contribution >= 4 is 22.8 Å². The molecule has 2 aromatic heterocycles. The van der Waals surface area contributed by atoms with Gasteiger partial charge in [-0.15, -0.1) is 0 Å². The number of aromatic nitrogens is 1. The fourth-order valence-corrected chi connectivity index (χ4v) is 2.84. The van der Waals surface area contributed by atoms with Crippen LogP contribution >= 0.6 is 0 Å². The van der Waals surface area contributed by atoms with Crippen molar-refractivity contribution in [3.63, 3.8) is 0 Å². The van der Waals surface area contributed by atoms with Crippen molar-refractivity contribution in [2.24, 2.45) is 0 Å². The molecule has 0 radical (unpaired) electrons. The zero-order chi connectivity index (χ0) is 20.1. The number of ether oxygens (including phenoxy) is 1. The van der Waals surface area contributed by atoms with Crippen LogP contribution < -0.4 is 15.6 Å². The van der Waals surface area contributed by atoms with Gasteiger partial charge in [-0.2, -0.15) is 0 Å². The highest BCUT2D eigenvalue weighted by atomic mass is 16.5. The first-order valence-corrected chi connectivity index (χ1v) is 8.91. The number of amides is 2. The Bertz CT molecular complexity index is 1140. The highest BCUT2D eigenvalue weighted by Gasteiger charge is 2.21. The van der Waals surface area contributed by atoms with Crippen LogP contribution in [0.15, 0.2) is 83.5 Å². The summed E-state index contributed by atoms with van der Waals surface area (Å²) in [5.41, 5.74) is 6.29. The lowest BCUT2D eigenvalue weighted by molar-refractivity contribution is 0.0830. The van der Waals surface area contributed by atoms with E-state index in [0.717, 1.165) is 5.39 Å². The molecule has 0 saturated carbocycles. The van der Waals surface area contributed by atoms with Crippen molar-refractivity contribution in [1.82, 2.24) is 15.8 Å². The molecule has 0 spiro atoms. The lowest BCUT2D eigenvalue weighted by Gasteiger charge is -2.08. The summed E-state index contributed by atoms with van der Waals surface area (Å²) in [6.07, 6.45) is 2.99. The average Bonchev–Trinajstić information content (AvgIpc) is 3.16. The van der Waals surface area contributed by atoms with Crippen LogP contribution in [-0.4, -0.2) is 16.8 Å². The molecular formula is C22H17N3O4. The molecule has 0 bridgehead atoms. The van der Waals surface area contributed by atoms with E-state index in [9.17, 15) is 9.59 Å². The van der Waals surface area contributed by atoms with E-state index >= 15 is 0 Å². The van der Waals surface area contributed by atoms with E-state index in [0.29, 0.717) is 22.5 Å². The summed E-state index contributed by atoms with van der Waals surface area (Å²) in [6.45, 7) is 0.141. The number of hydrogen-bond donors (Lipinski definition) is 2. The molecule has 7 heteroatoms. The number of carbonyl (C=O) groups excluding carboxylic acids is 2. The van der Waals surface area contributed by atoms with Crippen molar-refractivity contribution in [2.45, 2.75) is 6.61 Å². The first kappa shape index (κ1) is 18.2. The largest absolute Gasteiger partial charge is 0.489 e. The van der Waals surface area contributed by atoms with E-state index in [1.54, 1.807) is 18.2 Å². The molecule has 2 N–H and O–H groups in total. The monoisotopic (exact) mass is 387 g/mol. The fraction of sp³-hybridized carbons (Fsp3) is 0.0455. The fourth-order valence-electron chi connectivity index (χ4n) is 2.84. The van der Waals surface area contributed by atoms with Crippen LogP contribution in [0, 0.1) is 0 Å². The molecule has 4 rings (SSSR count). The molecule has 29 heavy (non-hydrogen) atoms. The third-order valence-corrected chi connectivity index (χ3v) is 4.26. The molecule has 4 aromatic rings. The van der Waals surface area contributed by atoms with E-state index in [2.05, 4.69) is 15.8 Å². The molecule has 0 unspecified atom stereocenters. The summed E-state index contributed by atoms with van der Waals surface area (Å²) in [5, 5.41) is 0.772. The van der Waals surface area contributed by atoms with Gasteiger partial charge in [-0.25, -0.2) is 0 Å². The quantitative estimate of drug-likeness (QED) is 0.512. The van der Waals surface area contributed by atoms with Crippen LogP contribution in [-0.2, 0) is 6.61 Å². The van der Waals surface area contributed by atoms with Crippen molar-refractivity contribution in [2.75, 3.05) is 0 Å². The number of benzene rings is 2. The Kier molecular flexibility index (Phi) is 5.20. The Hall–Kier alpha value is -4.13. The van der Waals surface area contributed by atoms with Crippen LogP contribution in [0.2, 0.25) is 0 Å². The van der Waals surface area contributed by atoms with Crippen LogP contribution in [0.3, 0.4) is 0 Å². The summed E-state index contributed by atoms with van der Waals surface area (Å²) in [4.78, 5) is 28.7. The topological polar surface area (TPSA) is 93.5 Å². The van der Waals surface area contributed by atoms with Crippen molar-refractivity contribution in [1.29, 1.82) is 0 Å². The minimum atomic E-state index is -0.574. The first-order chi connectivity index (χ1) is 14.2. The van der Waals surface area contributed by atoms with E-state index in [1.165, 1.54) is 12.4 Å². The number of nitrogens with one attached hydrogen (secondary N) is 2. The number of para-hydroxylation sites is 2. The minimum Gasteiger partial charge on any atom is -0.489 e. The summed E-state index contributed by atoms with van der Waals surface area (Å²) >= 11 is 0. The molecule has 7 nitrogen and oxygen atoms in total. The summed E-state index contributed by atoms with van der Waals surface area (Å²) in [6, 6.07) is 19.7. The lowest BCUT2D eigenvalue weighted by atomic mass is 10.1. The van der Waals surface area contributed by atoms with Gasteiger partial charge in [0.15, 0.2) is 0 Å². The zero-order valence-corrected chi connectivity index (χ0v) is 15.3. The maximum absolute atomic E-state index is 12.7. The predicted octanol–water partition coefficient (Wildman–Crippen LogP) is 3.48. The highest BCUT2D eigenvalue weighted by molar-refractivity contribution is 6.01. The van der Waals surface area contributed by atoms with E-state index in [4.69, 9.17) is 9.15 Å². The molecule has 0 aliphatic rings. The van der Waals surface area contributed by atoms with Crippen LogP contribution in [0.25, 0.3) is 11.0 Å². The average molecular weight is 387 g/mol. The van der Waals surface area contributed by atoms with Crippen LogP contribution in [0.5, 0.6) is 5.75 Å². The molecule has 144 valence electrons. The summed E-state index contributed by atoms with van der Waals surface area (Å²) in [7, 11) is 0. The van der Waals surface area contributed by atoms with Gasteiger partial charge in [0.25, 0.3) is 5.91 Å². The second-order valence-corrected chi connectivity index (χ2v) is 6.15. The molecule has 2 heterocycles. The number of pyridine rings is 1. The van der Waals surface area contributed by atoms with Gasteiger partial charge in [0.05, 0.1) is 0 Å². The molecule has 0 saturated heterocycles. The van der Waals surface area contributed by atoms with Crippen LogP contribution in [0.1, 0.15) is 26.5 Å². The summed E-state index contributed by atoms with van der Waals surface area (Å²) in [5.74, 6) is -0.276. The van der Waals surface area contributed by atoms with E-state index < -0.39 is 11.8 Å². The third-order valence-electron chi connectivity index (χ3n) is 4.26. The molecule has 2 aromatic carbocycles. The number of rotatable bonds is 5. The Morgan fingerprint density at radius 2 is 1.55 bits per heavy atom. The summed E-state index contributed by atoms with van der Waals surface area (Å²) < 4.78 is 11.5. The second kappa shape index (κ2) is 8.26. The highest BCUT2D eigenvalue weighted by Crippen LogP contribution is 2.27. The third kappa shape index (κ3) is 4.08. The van der Waals surface area contributed by atoms with E-state index in [1.807, 2.05) is 48.5 Å². The number of nitrogens with zero attached hydrogens (tertiary/aromatic N) is 1. The number of carbonyl (C=O) groups is 2. The Morgan fingerprint density at radius 3 is 2.34 bits per heavy atom. The second-order valence-electron chi connectivity index (χ2n) is 6.15. The molecule has 2 amide bonds. The number of furan rings is 1. The standard InChI is InChI=1S/C22H17N3O4/c26-21(15-10-12-23-13-11-15)24-25-22(27)20-18(14-28-16-6-2-1-3-7-16)17-8-4-5-9-19(17)29-20/h1-13H,14H2,(H,24,26)(H,25,27). The van der Waals surface area contributed by atoms with Gasteiger partial charge in [0.2, 0.25) is 5.76 Å². The maximum Gasteiger partial charge on any atom is 0.305 e. The molecule has 0 fully saturated rings. The molecule has 0 aliphatic carbocycles. The smallest absolute Gasteiger partial charge is 0.305 e. The SMILES string of the molecule is O=C(NNC(=O)c1oc2ccccc2c1COc1ccccc1)c1ccncc1. The number of fused-ring (bicyclic) bond motifs is 1. The van der Waals surface area contributed by atoms with E-state index in [-0.39, 0.29) is 12.4 Å². The van der Waals surface area contributed by atoms with Crippen molar-refractivity contribution < 1.29 is 18.7 Å². The minimum absolute atomic E-state index is 0.0807. The van der Waals surface area contributed by atoms with Gasteiger partial charge in [0, 0.05) is 28.9 Å². The molecule has 0 aliphatic heterocycles. The zero-order valence-electron chi connectivity index (χ0n) is 15.3. The van der Waals surface area contributed by atoms with Gasteiger partial charge >= 0.3 is 5.91 Å². The number of hydrogen-bond acceptors (Lipinski definition) is 5. The molecular weight excluding hydrogens is 370 g/mol. The van der Waals surface area contributed by atoms with Crippen molar-refractivity contribution in [3.05, 3.63) is 96.0 Å². The predicted molar refractivity (Wildman–Crippen MR) is 106 cm³/mol. The van der Waals surface area contributed by atoms with Gasteiger partial charge in [0.1, 0.15) is 17.9 Å². The maximum atomic E-state index is 12.7. The molecule has 0 atom stereocenters. The van der Waals surface area contributed by atoms with Crippen LogP contribution in [0.4, 0.5) is 0 Å². The normalized spacial score (nSPS) is 10.5. The lowest BCUT2D eigenvalue weighted by Crippen LogP contribution is -2.41. The van der Waals surface area contributed by atoms with Gasteiger partial charge in [-0.1, -0.05) is 36.4 Å². The Labute approximate surface area is 166 Å². The van der Waals surface area contributed by atoms with Gasteiger partial charge in [-0.3, -0.25) is 25.4 Å². The number of hydrazine groups is 1. The van der Waals surface area contributed by atoms with Crippen molar-refractivity contribution in [3.8, 4) is 5.75 Å².